The van der Waals surface area contributed by atoms with Crippen LogP contribution in [0.25, 0.3) is 33.0 Å². The van der Waals surface area contributed by atoms with Gasteiger partial charge in [0, 0.05) is 33.0 Å². The molecule has 2 heteroatoms. The van der Waals surface area contributed by atoms with E-state index in [9.17, 15) is 9.59 Å². The number of benzene rings is 4. The molecule has 0 radical (unpaired) electrons. The Bertz CT molecular complexity index is 1390. The van der Waals surface area contributed by atoms with Crippen molar-refractivity contribution in [1.82, 2.24) is 0 Å². The molecule has 156 valence electrons. The summed E-state index contributed by atoms with van der Waals surface area (Å²) < 4.78 is 0. The Hall–Kier alpha value is -3.52. The van der Waals surface area contributed by atoms with Crippen LogP contribution in [0, 0.1) is 0 Å². The normalized spacial score (nSPS) is 13.7. The van der Waals surface area contributed by atoms with E-state index < -0.39 is 0 Å². The zero-order valence-corrected chi connectivity index (χ0v) is 18.7. The molecule has 4 aromatic rings. The largest absolute Gasteiger partial charge is 0.289 e. The molecule has 0 amide bonds. The van der Waals surface area contributed by atoms with Crippen molar-refractivity contribution in [2.24, 2.45) is 0 Å². The average molecular weight is 417 g/mol. The molecular weight excluding hydrogens is 392 g/mol. The van der Waals surface area contributed by atoms with E-state index in [0.29, 0.717) is 23.0 Å². The molecule has 4 aromatic carbocycles. The van der Waals surface area contributed by atoms with Gasteiger partial charge in [0.05, 0.1) is 0 Å². The van der Waals surface area contributed by atoms with Gasteiger partial charge in [0.1, 0.15) is 0 Å². The van der Waals surface area contributed by atoms with E-state index in [1.54, 1.807) is 0 Å². The molecule has 2 aliphatic carbocycles. The monoisotopic (exact) mass is 416 g/mol. The highest BCUT2D eigenvalue weighted by Crippen LogP contribution is 2.48. The van der Waals surface area contributed by atoms with Gasteiger partial charge >= 0.3 is 0 Å². The van der Waals surface area contributed by atoms with Gasteiger partial charge in [0.15, 0.2) is 11.6 Å². The lowest BCUT2D eigenvalue weighted by atomic mass is 9.75. The van der Waals surface area contributed by atoms with Gasteiger partial charge in [0.25, 0.3) is 0 Å². The van der Waals surface area contributed by atoms with E-state index in [0.717, 1.165) is 55.3 Å². The first-order valence-electron chi connectivity index (χ1n) is 11.3. The molecule has 0 saturated heterocycles. The van der Waals surface area contributed by atoms with Gasteiger partial charge in [-0.05, 0) is 69.5 Å². The van der Waals surface area contributed by atoms with Crippen molar-refractivity contribution in [1.29, 1.82) is 0 Å². The van der Waals surface area contributed by atoms with E-state index in [-0.39, 0.29) is 11.6 Å². The Balaban J connectivity index is 1.69. The van der Waals surface area contributed by atoms with Crippen molar-refractivity contribution in [2.45, 2.75) is 39.5 Å². The van der Waals surface area contributed by atoms with Crippen LogP contribution in [0.5, 0.6) is 0 Å². The minimum Gasteiger partial charge on any atom is -0.289 e. The molecule has 0 fully saturated rings. The first kappa shape index (κ1) is 19.2. The standard InChI is InChI=1S/C30H24O2/c1-15(2)17-5-7-19-21-9-10-22-20-8-6-18(16(3)4)14-26(20)30(32)24-12-11-23(27(21)28(22)24)29(31)25(19)13-17/h5-16H,1-4H3. The highest BCUT2D eigenvalue weighted by Gasteiger charge is 2.32. The summed E-state index contributed by atoms with van der Waals surface area (Å²) in [6, 6.07) is 20.4. The van der Waals surface area contributed by atoms with Gasteiger partial charge in [0.2, 0.25) is 0 Å². The molecule has 0 atom stereocenters. The summed E-state index contributed by atoms with van der Waals surface area (Å²) >= 11 is 0. The predicted octanol–water partition coefficient (Wildman–Crippen LogP) is 7.51. The summed E-state index contributed by atoms with van der Waals surface area (Å²) in [5.74, 6) is 0.809. The zero-order chi connectivity index (χ0) is 22.3. The molecule has 0 aromatic heterocycles. The summed E-state index contributed by atoms with van der Waals surface area (Å²) in [5.41, 5.74) is 9.25. The molecule has 0 N–H and O–H groups in total. The Kier molecular flexibility index (Phi) is 3.89. The van der Waals surface area contributed by atoms with E-state index in [1.807, 2.05) is 24.3 Å². The maximum atomic E-state index is 13.6. The maximum Gasteiger partial charge on any atom is 0.194 e. The lowest BCUT2D eigenvalue weighted by molar-refractivity contribution is 0.102. The summed E-state index contributed by atoms with van der Waals surface area (Å²) in [6.45, 7) is 8.56. The summed E-state index contributed by atoms with van der Waals surface area (Å²) in [7, 11) is 0. The highest BCUT2D eigenvalue weighted by molar-refractivity contribution is 6.33. The van der Waals surface area contributed by atoms with Crippen molar-refractivity contribution in [2.75, 3.05) is 0 Å². The first-order valence-corrected chi connectivity index (χ1v) is 11.3. The number of fused-ring (bicyclic) bond motifs is 4. The number of hydrogen-bond donors (Lipinski definition) is 0. The third-order valence-corrected chi connectivity index (χ3v) is 7.14. The molecule has 6 rings (SSSR count). The van der Waals surface area contributed by atoms with Gasteiger partial charge in [-0.25, -0.2) is 0 Å². The van der Waals surface area contributed by atoms with Crippen LogP contribution in [0.3, 0.4) is 0 Å². The minimum absolute atomic E-state index is 0.0482. The Morgan fingerprint density at radius 3 is 1.16 bits per heavy atom. The molecule has 2 nitrogen and oxygen atoms in total. The summed E-state index contributed by atoms with van der Waals surface area (Å²) in [5, 5.41) is 1.84. The second kappa shape index (κ2) is 6.49. The number of carbonyl (C=O) groups is 2. The van der Waals surface area contributed by atoms with Crippen molar-refractivity contribution in [3.63, 3.8) is 0 Å². The van der Waals surface area contributed by atoms with Crippen LogP contribution in [0.2, 0.25) is 0 Å². The second-order valence-electron chi connectivity index (χ2n) is 9.65. The maximum absolute atomic E-state index is 13.6. The van der Waals surface area contributed by atoms with Crippen LogP contribution in [0.4, 0.5) is 0 Å². The Morgan fingerprint density at radius 2 is 0.781 bits per heavy atom. The quantitative estimate of drug-likeness (QED) is 0.293. The third kappa shape index (κ3) is 2.41. The van der Waals surface area contributed by atoms with Crippen molar-refractivity contribution >= 4 is 22.3 Å². The van der Waals surface area contributed by atoms with Crippen LogP contribution in [0.1, 0.15) is 82.5 Å². The van der Waals surface area contributed by atoms with Crippen molar-refractivity contribution < 1.29 is 9.59 Å². The van der Waals surface area contributed by atoms with Gasteiger partial charge in [-0.2, -0.15) is 0 Å². The van der Waals surface area contributed by atoms with E-state index in [1.165, 1.54) is 0 Å². The Morgan fingerprint density at radius 1 is 0.438 bits per heavy atom. The Labute approximate surface area is 187 Å². The molecule has 0 heterocycles. The molecule has 0 bridgehead atoms. The average Bonchev–Trinajstić information content (AvgIpc) is 2.80. The lowest BCUT2D eigenvalue weighted by Gasteiger charge is -2.27. The van der Waals surface area contributed by atoms with Crippen LogP contribution >= 0.6 is 0 Å². The second-order valence-corrected chi connectivity index (χ2v) is 9.65. The highest BCUT2D eigenvalue weighted by atomic mass is 16.1. The fourth-order valence-electron chi connectivity index (χ4n) is 5.30. The predicted molar refractivity (Wildman–Crippen MR) is 130 cm³/mol. The fraction of sp³-hybridized carbons (Fsp3) is 0.200. The molecular formula is C30H24O2. The van der Waals surface area contributed by atoms with Gasteiger partial charge in [-0.1, -0.05) is 64.1 Å². The molecule has 0 saturated carbocycles. The lowest BCUT2D eigenvalue weighted by Crippen LogP contribution is -2.16. The van der Waals surface area contributed by atoms with E-state index in [2.05, 4.69) is 64.1 Å². The number of ketones is 2. The van der Waals surface area contributed by atoms with Gasteiger partial charge in [-0.15, -0.1) is 0 Å². The van der Waals surface area contributed by atoms with Gasteiger partial charge < -0.3 is 0 Å². The molecule has 0 aliphatic heterocycles. The smallest absolute Gasteiger partial charge is 0.194 e. The van der Waals surface area contributed by atoms with Crippen LogP contribution in [-0.4, -0.2) is 11.6 Å². The molecule has 2 aliphatic rings. The molecule has 0 unspecified atom stereocenters. The van der Waals surface area contributed by atoms with Crippen molar-refractivity contribution in [3.8, 4) is 22.3 Å². The summed E-state index contributed by atoms with van der Waals surface area (Å²) in [4.78, 5) is 27.1. The van der Waals surface area contributed by atoms with Crippen LogP contribution in [-0.2, 0) is 0 Å². The topological polar surface area (TPSA) is 34.1 Å². The summed E-state index contributed by atoms with van der Waals surface area (Å²) in [6.07, 6.45) is 0. The van der Waals surface area contributed by atoms with Gasteiger partial charge in [-0.3, -0.25) is 9.59 Å². The van der Waals surface area contributed by atoms with Crippen LogP contribution in [0.15, 0.2) is 60.7 Å². The first-order chi connectivity index (χ1) is 15.4. The van der Waals surface area contributed by atoms with Crippen molar-refractivity contribution in [3.05, 3.63) is 94.0 Å². The van der Waals surface area contributed by atoms with E-state index >= 15 is 0 Å². The minimum atomic E-state index is 0.0482. The van der Waals surface area contributed by atoms with Crippen LogP contribution < -0.4 is 0 Å². The third-order valence-electron chi connectivity index (χ3n) is 7.14. The number of rotatable bonds is 2. The number of carbonyl (C=O) groups excluding carboxylic acids is 2. The molecule has 0 spiro atoms. The number of hydrogen-bond acceptors (Lipinski definition) is 2. The van der Waals surface area contributed by atoms with E-state index in [4.69, 9.17) is 0 Å². The SMILES string of the molecule is CC(C)c1ccc2c(c1)C(=O)c1ccc3c4c(ccc-2c14)-c1ccc(C(C)C)cc1C3=O. The fourth-order valence-corrected chi connectivity index (χ4v) is 5.30. The zero-order valence-electron chi connectivity index (χ0n) is 18.7. The molecule has 32 heavy (non-hydrogen) atoms.